The fourth-order valence-corrected chi connectivity index (χ4v) is 2.63. The minimum Gasteiger partial charge on any atom is -0.389 e. The molecule has 1 aromatic heterocycles. The summed E-state index contributed by atoms with van der Waals surface area (Å²) in [7, 11) is 1.66. The fourth-order valence-electron chi connectivity index (χ4n) is 2.47. The first-order valence-electron chi connectivity index (χ1n) is 6.20. The zero-order valence-corrected chi connectivity index (χ0v) is 12.0. The molecule has 0 bridgehead atoms. The van der Waals surface area contributed by atoms with Crippen molar-refractivity contribution in [2.45, 2.75) is 13.3 Å². The molecule has 1 saturated heterocycles. The van der Waals surface area contributed by atoms with Crippen molar-refractivity contribution in [3.63, 3.8) is 0 Å². The van der Waals surface area contributed by atoms with Gasteiger partial charge >= 0.3 is 0 Å². The molecule has 1 unspecified atom stereocenters. The van der Waals surface area contributed by atoms with Crippen LogP contribution in [-0.4, -0.2) is 36.0 Å². The molecular weight excluding hydrogens is 260 g/mol. The molecular formula is C13H18N4OS. The van der Waals surface area contributed by atoms with Gasteiger partial charge in [0.15, 0.2) is 0 Å². The number of amides is 1. The number of nitrogens with zero attached hydrogens (tertiary/aromatic N) is 2. The molecule has 1 amide bonds. The van der Waals surface area contributed by atoms with E-state index < -0.39 is 0 Å². The van der Waals surface area contributed by atoms with Crippen molar-refractivity contribution in [3.8, 4) is 0 Å². The molecule has 1 aliphatic rings. The number of hydrogen-bond acceptors (Lipinski definition) is 4. The van der Waals surface area contributed by atoms with Crippen molar-refractivity contribution in [3.05, 3.63) is 23.9 Å². The van der Waals surface area contributed by atoms with Crippen molar-refractivity contribution >= 4 is 28.9 Å². The summed E-state index contributed by atoms with van der Waals surface area (Å²) in [4.78, 5) is 18.7. The molecule has 5 nitrogen and oxygen atoms in total. The highest BCUT2D eigenvalue weighted by Gasteiger charge is 2.40. The molecule has 0 radical (unpaired) electrons. The van der Waals surface area contributed by atoms with E-state index in [1.165, 1.54) is 0 Å². The highest BCUT2D eigenvalue weighted by atomic mass is 32.1. The Morgan fingerprint density at radius 1 is 1.63 bits per heavy atom. The van der Waals surface area contributed by atoms with E-state index in [1.54, 1.807) is 13.2 Å². The maximum absolute atomic E-state index is 11.9. The Bertz CT molecular complexity index is 519. The van der Waals surface area contributed by atoms with Crippen LogP contribution < -0.4 is 16.0 Å². The van der Waals surface area contributed by atoms with Crippen LogP contribution in [-0.2, 0) is 4.79 Å². The van der Waals surface area contributed by atoms with E-state index in [2.05, 4.69) is 15.2 Å². The van der Waals surface area contributed by atoms with Crippen LogP contribution in [0.4, 0.5) is 5.82 Å². The Morgan fingerprint density at radius 2 is 2.37 bits per heavy atom. The Hall–Kier alpha value is -1.69. The molecule has 1 aliphatic heterocycles. The molecule has 3 N–H and O–H groups in total. The van der Waals surface area contributed by atoms with Crippen LogP contribution in [0.1, 0.15) is 18.9 Å². The van der Waals surface area contributed by atoms with E-state index in [9.17, 15) is 4.79 Å². The van der Waals surface area contributed by atoms with E-state index in [0.717, 1.165) is 24.3 Å². The average Bonchev–Trinajstić information content (AvgIpc) is 2.81. The maximum Gasteiger partial charge on any atom is 0.227 e. The molecule has 6 heteroatoms. The van der Waals surface area contributed by atoms with E-state index in [4.69, 9.17) is 18.0 Å². The number of nitrogens with one attached hydrogen (secondary N) is 1. The molecule has 1 aromatic rings. The number of pyridine rings is 1. The van der Waals surface area contributed by atoms with Crippen molar-refractivity contribution in [2.24, 2.45) is 11.1 Å². The Balaban J connectivity index is 2.27. The first-order valence-corrected chi connectivity index (χ1v) is 6.61. The quantitative estimate of drug-likeness (QED) is 0.796. The molecule has 0 saturated carbocycles. The van der Waals surface area contributed by atoms with Crippen molar-refractivity contribution in [2.75, 3.05) is 25.0 Å². The largest absolute Gasteiger partial charge is 0.389 e. The number of hydrogen-bond donors (Lipinski definition) is 2. The number of nitrogens with two attached hydrogens (primary N) is 1. The highest BCUT2D eigenvalue weighted by molar-refractivity contribution is 7.80. The van der Waals surface area contributed by atoms with Crippen LogP contribution in [0.2, 0.25) is 0 Å². The molecule has 0 spiro atoms. The van der Waals surface area contributed by atoms with Crippen LogP contribution in [0.5, 0.6) is 0 Å². The minimum atomic E-state index is -0.389. The first kappa shape index (κ1) is 13.7. The Kier molecular flexibility index (Phi) is 3.71. The Labute approximate surface area is 118 Å². The number of aromatic nitrogens is 1. The third-order valence-electron chi connectivity index (χ3n) is 3.60. The van der Waals surface area contributed by atoms with Gasteiger partial charge in [0.05, 0.1) is 11.0 Å². The van der Waals surface area contributed by atoms with Crippen LogP contribution in [0.25, 0.3) is 0 Å². The minimum absolute atomic E-state index is 0.0582. The monoisotopic (exact) mass is 278 g/mol. The molecule has 1 fully saturated rings. The third-order valence-corrected chi connectivity index (χ3v) is 3.82. The normalized spacial score (nSPS) is 22.3. The summed E-state index contributed by atoms with van der Waals surface area (Å²) in [5.74, 6) is 0.824. The number of thiocarbonyl (C=S) groups is 1. The molecule has 1 atom stereocenters. The summed E-state index contributed by atoms with van der Waals surface area (Å²) in [5, 5.41) is 2.72. The van der Waals surface area contributed by atoms with Gasteiger partial charge in [0, 0.05) is 26.3 Å². The smallest absolute Gasteiger partial charge is 0.227 e. The van der Waals surface area contributed by atoms with Gasteiger partial charge in [-0.1, -0.05) is 12.2 Å². The zero-order chi connectivity index (χ0) is 14.0. The molecule has 2 heterocycles. The molecule has 0 aromatic carbocycles. The third kappa shape index (κ3) is 2.53. The average molecular weight is 278 g/mol. The van der Waals surface area contributed by atoms with Gasteiger partial charge in [-0.05, 0) is 25.5 Å². The predicted octanol–water partition coefficient (Wildman–Crippen LogP) is 0.678. The number of carbonyl (C=O) groups is 1. The van der Waals surface area contributed by atoms with Crippen molar-refractivity contribution in [1.82, 2.24) is 10.3 Å². The lowest BCUT2D eigenvalue weighted by atomic mass is 9.89. The summed E-state index contributed by atoms with van der Waals surface area (Å²) in [5.41, 5.74) is 6.09. The van der Waals surface area contributed by atoms with Crippen molar-refractivity contribution in [1.29, 1.82) is 0 Å². The maximum atomic E-state index is 11.9. The van der Waals surface area contributed by atoms with E-state index in [1.807, 2.05) is 19.1 Å². The molecule has 102 valence electrons. The SMILES string of the molecule is CNC(=O)C1(C)CCN(c2ncccc2C(N)=S)C1. The van der Waals surface area contributed by atoms with E-state index in [0.29, 0.717) is 11.5 Å². The van der Waals surface area contributed by atoms with Gasteiger partial charge in [0.1, 0.15) is 10.8 Å². The molecule has 19 heavy (non-hydrogen) atoms. The lowest BCUT2D eigenvalue weighted by Crippen LogP contribution is -2.39. The summed E-state index contributed by atoms with van der Waals surface area (Å²) in [6.07, 6.45) is 2.51. The van der Waals surface area contributed by atoms with Gasteiger partial charge in [-0.25, -0.2) is 4.98 Å². The molecule has 2 rings (SSSR count). The summed E-state index contributed by atoms with van der Waals surface area (Å²) < 4.78 is 0. The second-order valence-corrected chi connectivity index (χ2v) is 5.49. The lowest BCUT2D eigenvalue weighted by Gasteiger charge is -2.24. The summed E-state index contributed by atoms with van der Waals surface area (Å²) in [6.45, 7) is 3.37. The number of rotatable bonds is 3. The second-order valence-electron chi connectivity index (χ2n) is 5.05. The predicted molar refractivity (Wildman–Crippen MR) is 79.1 cm³/mol. The Morgan fingerprint density at radius 3 is 3.00 bits per heavy atom. The van der Waals surface area contributed by atoms with Gasteiger partial charge in [-0.3, -0.25) is 4.79 Å². The van der Waals surface area contributed by atoms with Crippen LogP contribution in [0, 0.1) is 5.41 Å². The van der Waals surface area contributed by atoms with Gasteiger partial charge in [-0.15, -0.1) is 0 Å². The fraction of sp³-hybridized carbons (Fsp3) is 0.462. The van der Waals surface area contributed by atoms with Crippen LogP contribution in [0.15, 0.2) is 18.3 Å². The van der Waals surface area contributed by atoms with Crippen LogP contribution in [0.3, 0.4) is 0 Å². The van der Waals surface area contributed by atoms with E-state index in [-0.39, 0.29) is 11.3 Å². The summed E-state index contributed by atoms with van der Waals surface area (Å²) in [6, 6.07) is 3.67. The van der Waals surface area contributed by atoms with Crippen molar-refractivity contribution < 1.29 is 4.79 Å². The first-order chi connectivity index (χ1) is 8.98. The van der Waals surface area contributed by atoms with E-state index >= 15 is 0 Å². The lowest BCUT2D eigenvalue weighted by molar-refractivity contribution is -0.128. The number of anilines is 1. The van der Waals surface area contributed by atoms with Gasteiger partial charge in [0.2, 0.25) is 5.91 Å². The topological polar surface area (TPSA) is 71.2 Å². The second kappa shape index (κ2) is 5.13. The molecule has 0 aliphatic carbocycles. The van der Waals surface area contributed by atoms with Gasteiger partial charge in [-0.2, -0.15) is 0 Å². The van der Waals surface area contributed by atoms with Crippen LogP contribution >= 0.6 is 12.2 Å². The highest BCUT2D eigenvalue weighted by Crippen LogP contribution is 2.33. The zero-order valence-electron chi connectivity index (χ0n) is 11.1. The standard InChI is InChI=1S/C13H18N4OS/c1-13(12(18)15-2)5-7-17(8-13)11-9(10(14)19)4-3-6-16-11/h3-4,6H,5,7-8H2,1-2H3,(H2,14,19)(H,15,18). The van der Waals surface area contributed by atoms with Gasteiger partial charge in [0.25, 0.3) is 0 Å². The summed E-state index contributed by atoms with van der Waals surface area (Å²) >= 11 is 5.05. The van der Waals surface area contributed by atoms with Gasteiger partial charge < -0.3 is 16.0 Å². The number of carbonyl (C=O) groups excluding carboxylic acids is 1.